The Morgan fingerprint density at radius 1 is 1.19 bits per heavy atom. The van der Waals surface area contributed by atoms with Gasteiger partial charge in [-0.25, -0.2) is 9.97 Å². The van der Waals surface area contributed by atoms with Gasteiger partial charge >= 0.3 is 0 Å². The SMILES string of the molecule is Cc1ccnc2oc(-c3ccc(Br)o3)nc12. The Balaban J connectivity index is 2.22. The maximum absolute atomic E-state index is 5.51. The van der Waals surface area contributed by atoms with E-state index >= 15 is 0 Å². The number of aromatic nitrogens is 2. The molecule has 0 N–H and O–H groups in total. The average Bonchev–Trinajstić information content (AvgIpc) is 2.84. The molecule has 3 rings (SSSR count). The van der Waals surface area contributed by atoms with Crippen LogP contribution in [0.5, 0.6) is 0 Å². The van der Waals surface area contributed by atoms with E-state index in [2.05, 4.69) is 25.9 Å². The Morgan fingerprint density at radius 2 is 2.06 bits per heavy atom. The molecule has 0 aliphatic rings. The molecule has 0 saturated carbocycles. The number of halogens is 1. The molecule has 3 aromatic heterocycles. The van der Waals surface area contributed by atoms with Crippen molar-refractivity contribution in [1.29, 1.82) is 0 Å². The molecule has 3 aromatic rings. The fraction of sp³-hybridized carbons (Fsp3) is 0.0909. The Bertz CT molecular complexity index is 657. The maximum Gasteiger partial charge on any atom is 0.265 e. The fourth-order valence-corrected chi connectivity index (χ4v) is 1.79. The lowest BCUT2D eigenvalue weighted by Crippen LogP contribution is -1.78. The minimum Gasteiger partial charge on any atom is -0.444 e. The van der Waals surface area contributed by atoms with Crippen molar-refractivity contribution >= 4 is 27.2 Å². The van der Waals surface area contributed by atoms with Gasteiger partial charge in [-0.05, 0) is 46.6 Å². The normalized spacial score (nSPS) is 11.1. The third-order valence-electron chi connectivity index (χ3n) is 2.28. The van der Waals surface area contributed by atoms with Gasteiger partial charge in [0.1, 0.15) is 5.52 Å². The summed E-state index contributed by atoms with van der Waals surface area (Å²) in [5.74, 6) is 1.03. The van der Waals surface area contributed by atoms with Crippen LogP contribution in [0.3, 0.4) is 0 Å². The molecule has 0 spiro atoms. The lowest BCUT2D eigenvalue weighted by Gasteiger charge is -1.87. The van der Waals surface area contributed by atoms with E-state index in [0.29, 0.717) is 22.0 Å². The van der Waals surface area contributed by atoms with E-state index in [-0.39, 0.29) is 0 Å². The highest BCUT2D eigenvalue weighted by atomic mass is 79.9. The zero-order chi connectivity index (χ0) is 11.1. The molecule has 0 amide bonds. The van der Waals surface area contributed by atoms with Crippen LogP contribution in [0, 0.1) is 6.92 Å². The topological polar surface area (TPSA) is 52.1 Å². The number of nitrogens with zero attached hydrogens (tertiary/aromatic N) is 2. The number of hydrogen-bond acceptors (Lipinski definition) is 4. The molecule has 0 aromatic carbocycles. The first-order valence-electron chi connectivity index (χ1n) is 4.72. The van der Waals surface area contributed by atoms with Crippen molar-refractivity contribution < 1.29 is 8.83 Å². The summed E-state index contributed by atoms with van der Waals surface area (Å²) in [7, 11) is 0. The van der Waals surface area contributed by atoms with Gasteiger partial charge in [0.25, 0.3) is 5.89 Å². The van der Waals surface area contributed by atoms with Gasteiger partial charge < -0.3 is 8.83 Å². The maximum atomic E-state index is 5.51. The summed E-state index contributed by atoms with van der Waals surface area (Å²) in [5, 5.41) is 0. The van der Waals surface area contributed by atoms with E-state index in [1.807, 2.05) is 13.0 Å². The molecule has 16 heavy (non-hydrogen) atoms. The number of pyridine rings is 1. The number of oxazole rings is 1. The summed E-state index contributed by atoms with van der Waals surface area (Å²) in [6.45, 7) is 1.97. The molecule has 0 radical (unpaired) electrons. The lowest BCUT2D eigenvalue weighted by atomic mass is 10.3. The van der Waals surface area contributed by atoms with Crippen LogP contribution >= 0.6 is 15.9 Å². The highest BCUT2D eigenvalue weighted by molar-refractivity contribution is 9.10. The summed E-state index contributed by atoms with van der Waals surface area (Å²) < 4.78 is 11.5. The minimum absolute atomic E-state index is 0.447. The van der Waals surface area contributed by atoms with Crippen molar-refractivity contribution in [2.45, 2.75) is 6.92 Å². The van der Waals surface area contributed by atoms with Crippen LogP contribution < -0.4 is 0 Å². The predicted octanol–water partition coefficient (Wildman–Crippen LogP) is 3.55. The molecule has 0 aliphatic heterocycles. The van der Waals surface area contributed by atoms with Crippen molar-refractivity contribution in [2.24, 2.45) is 0 Å². The van der Waals surface area contributed by atoms with Crippen LogP contribution in [0.4, 0.5) is 0 Å². The molecule has 3 heterocycles. The Labute approximate surface area is 99.4 Å². The molecule has 0 bridgehead atoms. The second-order valence-corrected chi connectivity index (χ2v) is 4.19. The third-order valence-corrected chi connectivity index (χ3v) is 2.71. The first-order chi connectivity index (χ1) is 7.74. The molecular weight excluding hydrogens is 272 g/mol. The smallest absolute Gasteiger partial charge is 0.265 e. The van der Waals surface area contributed by atoms with Crippen molar-refractivity contribution in [3.05, 3.63) is 34.6 Å². The monoisotopic (exact) mass is 278 g/mol. The summed E-state index contributed by atoms with van der Waals surface area (Å²) in [6, 6.07) is 5.49. The van der Waals surface area contributed by atoms with E-state index in [9.17, 15) is 0 Å². The largest absolute Gasteiger partial charge is 0.444 e. The highest BCUT2D eigenvalue weighted by Crippen LogP contribution is 2.27. The Kier molecular flexibility index (Phi) is 2.07. The average molecular weight is 279 g/mol. The first-order valence-corrected chi connectivity index (χ1v) is 5.51. The summed E-state index contributed by atoms with van der Waals surface area (Å²) >= 11 is 3.24. The van der Waals surface area contributed by atoms with E-state index in [1.54, 1.807) is 18.3 Å². The summed E-state index contributed by atoms with van der Waals surface area (Å²) in [5.41, 5.74) is 2.33. The molecule has 5 heteroatoms. The van der Waals surface area contributed by atoms with Gasteiger partial charge in [0.15, 0.2) is 10.4 Å². The summed E-state index contributed by atoms with van der Waals surface area (Å²) in [6.07, 6.45) is 1.70. The molecule has 80 valence electrons. The van der Waals surface area contributed by atoms with Crippen molar-refractivity contribution in [3.63, 3.8) is 0 Å². The fourth-order valence-electron chi connectivity index (χ4n) is 1.49. The second-order valence-electron chi connectivity index (χ2n) is 3.40. The molecule has 0 fully saturated rings. The number of rotatable bonds is 1. The van der Waals surface area contributed by atoms with E-state index in [0.717, 1.165) is 11.1 Å². The van der Waals surface area contributed by atoms with Gasteiger partial charge in [0.2, 0.25) is 5.71 Å². The summed E-state index contributed by atoms with van der Waals surface area (Å²) in [4.78, 5) is 8.46. The van der Waals surface area contributed by atoms with E-state index in [4.69, 9.17) is 8.83 Å². The number of hydrogen-bond donors (Lipinski definition) is 0. The van der Waals surface area contributed by atoms with Crippen LogP contribution in [0.1, 0.15) is 5.56 Å². The molecule has 4 nitrogen and oxygen atoms in total. The second kappa shape index (κ2) is 3.45. The Morgan fingerprint density at radius 3 is 2.75 bits per heavy atom. The van der Waals surface area contributed by atoms with Crippen molar-refractivity contribution in [1.82, 2.24) is 9.97 Å². The minimum atomic E-state index is 0.447. The predicted molar refractivity (Wildman–Crippen MR) is 61.9 cm³/mol. The lowest BCUT2D eigenvalue weighted by molar-refractivity contribution is 0.515. The van der Waals surface area contributed by atoms with Crippen LogP contribution in [0.25, 0.3) is 22.9 Å². The molecular formula is C11H7BrN2O2. The van der Waals surface area contributed by atoms with Gasteiger partial charge in [-0.1, -0.05) is 0 Å². The molecule has 0 saturated heterocycles. The zero-order valence-electron chi connectivity index (χ0n) is 8.40. The first kappa shape index (κ1) is 9.59. The van der Waals surface area contributed by atoms with Gasteiger partial charge in [-0.2, -0.15) is 0 Å². The number of aryl methyl sites for hydroxylation is 1. The van der Waals surface area contributed by atoms with Gasteiger partial charge in [0, 0.05) is 6.20 Å². The van der Waals surface area contributed by atoms with Gasteiger partial charge in [0.05, 0.1) is 0 Å². The molecule has 0 aliphatic carbocycles. The zero-order valence-corrected chi connectivity index (χ0v) is 9.98. The third kappa shape index (κ3) is 1.44. The molecule has 0 unspecified atom stereocenters. The number of furan rings is 1. The number of fused-ring (bicyclic) bond motifs is 1. The Hall–Kier alpha value is -1.62. The molecule has 0 atom stereocenters. The highest BCUT2D eigenvalue weighted by Gasteiger charge is 2.13. The van der Waals surface area contributed by atoms with Crippen LogP contribution in [-0.4, -0.2) is 9.97 Å². The van der Waals surface area contributed by atoms with Crippen molar-refractivity contribution in [3.8, 4) is 11.7 Å². The standard InChI is InChI=1S/C11H7BrN2O2/c1-6-4-5-13-11-9(6)14-10(16-11)7-2-3-8(12)15-7/h2-5H,1H3. The van der Waals surface area contributed by atoms with E-state index in [1.165, 1.54) is 0 Å². The quantitative estimate of drug-likeness (QED) is 0.683. The van der Waals surface area contributed by atoms with Gasteiger partial charge in [-0.3, -0.25) is 0 Å². The van der Waals surface area contributed by atoms with E-state index < -0.39 is 0 Å². The van der Waals surface area contributed by atoms with Gasteiger partial charge in [-0.15, -0.1) is 0 Å². The van der Waals surface area contributed by atoms with Crippen LogP contribution in [0.2, 0.25) is 0 Å². The van der Waals surface area contributed by atoms with Crippen LogP contribution in [0.15, 0.2) is 37.9 Å². The van der Waals surface area contributed by atoms with Crippen molar-refractivity contribution in [2.75, 3.05) is 0 Å². The van der Waals surface area contributed by atoms with Crippen LogP contribution in [-0.2, 0) is 0 Å².